The van der Waals surface area contributed by atoms with Crippen molar-refractivity contribution in [3.05, 3.63) is 95.1 Å². The number of ether oxygens (including phenoxy) is 3. The molecule has 40 heavy (non-hydrogen) atoms. The highest BCUT2D eigenvalue weighted by molar-refractivity contribution is 6.08. The van der Waals surface area contributed by atoms with Crippen LogP contribution in [-0.4, -0.2) is 42.6 Å². The van der Waals surface area contributed by atoms with Crippen LogP contribution < -0.4 is 14.8 Å². The van der Waals surface area contributed by atoms with Crippen molar-refractivity contribution in [2.45, 2.75) is 44.9 Å². The average molecular weight is 543 g/mol. The molecule has 1 N–H and O–H groups in total. The Morgan fingerprint density at radius 2 is 1.57 bits per heavy atom. The summed E-state index contributed by atoms with van der Waals surface area (Å²) >= 11 is 0. The number of carbonyl (C=O) groups is 3. The van der Waals surface area contributed by atoms with E-state index in [0.717, 1.165) is 28.0 Å². The Morgan fingerprint density at radius 1 is 0.925 bits per heavy atom. The Hall–Kier alpha value is -4.33. The Labute approximate surface area is 234 Å². The summed E-state index contributed by atoms with van der Waals surface area (Å²) in [7, 11) is 3.18. The van der Waals surface area contributed by atoms with Gasteiger partial charge in [0.2, 0.25) is 0 Å². The van der Waals surface area contributed by atoms with E-state index in [9.17, 15) is 14.4 Å². The number of hydrogen-bond donors (Lipinski definition) is 1. The summed E-state index contributed by atoms with van der Waals surface area (Å²) in [5.41, 5.74) is 2.69. The highest BCUT2D eigenvalue weighted by Gasteiger charge is 2.65. The van der Waals surface area contributed by atoms with Gasteiger partial charge >= 0.3 is 12.0 Å². The van der Waals surface area contributed by atoms with Gasteiger partial charge in [-0.3, -0.25) is 14.5 Å². The zero-order chi connectivity index (χ0) is 28.3. The van der Waals surface area contributed by atoms with Gasteiger partial charge in [0.1, 0.15) is 23.6 Å². The first-order chi connectivity index (χ1) is 19.3. The topological polar surface area (TPSA) is 94.2 Å². The summed E-state index contributed by atoms with van der Waals surface area (Å²) < 4.78 is 16.0. The van der Waals surface area contributed by atoms with E-state index in [-0.39, 0.29) is 30.9 Å². The number of imide groups is 1. The van der Waals surface area contributed by atoms with Crippen LogP contribution >= 0.6 is 0 Å². The van der Waals surface area contributed by atoms with Gasteiger partial charge in [-0.2, -0.15) is 0 Å². The molecule has 208 valence electrons. The van der Waals surface area contributed by atoms with Crippen molar-refractivity contribution in [3.63, 3.8) is 0 Å². The SMILES string of the molecule is COc1ccc(COC(=O)[C@H]2C[C@@H]2[C@]2(CCc3cccc(C)c3)NC(=O)N(Cc3ccc(OC)cc3)C2=O)cc1. The van der Waals surface area contributed by atoms with Gasteiger partial charge in [0.05, 0.1) is 26.7 Å². The normalized spacial score (nSPS) is 21.6. The standard InChI is InChI=1S/C32H34N2O6/c1-21-5-4-6-22(17-21)15-16-32(28-18-27(28)29(35)40-20-24-9-13-26(39-3)14-10-24)30(36)34(31(37)33-32)19-23-7-11-25(38-2)12-8-23/h4-14,17,27-28H,15-16,18-20H2,1-3H3,(H,33,37)/t27-,28-,32-/m0/s1. The maximum Gasteiger partial charge on any atom is 0.325 e. The molecule has 0 radical (unpaired) electrons. The van der Waals surface area contributed by atoms with Crippen LogP contribution in [0.15, 0.2) is 72.8 Å². The summed E-state index contributed by atoms with van der Waals surface area (Å²) in [6.07, 6.45) is 1.47. The first-order valence-electron chi connectivity index (χ1n) is 13.4. The summed E-state index contributed by atoms with van der Waals surface area (Å²) in [5, 5.41) is 3.02. The van der Waals surface area contributed by atoms with Gasteiger partial charge in [-0.25, -0.2) is 4.79 Å². The number of nitrogens with zero attached hydrogens (tertiary/aromatic N) is 1. The lowest BCUT2D eigenvalue weighted by molar-refractivity contribution is -0.147. The van der Waals surface area contributed by atoms with Crippen molar-refractivity contribution in [2.24, 2.45) is 11.8 Å². The number of carbonyl (C=O) groups excluding carboxylic acids is 3. The molecule has 0 bridgehead atoms. The summed E-state index contributed by atoms with van der Waals surface area (Å²) in [6.45, 7) is 2.29. The molecule has 8 nitrogen and oxygen atoms in total. The number of benzene rings is 3. The summed E-state index contributed by atoms with van der Waals surface area (Å²) in [5.74, 6) is -0.0215. The maximum atomic E-state index is 14.0. The van der Waals surface area contributed by atoms with Crippen LogP contribution in [0.2, 0.25) is 0 Å². The number of esters is 1. The number of nitrogens with one attached hydrogen (secondary N) is 1. The molecule has 0 spiro atoms. The molecule has 3 aromatic carbocycles. The minimum atomic E-state index is -1.17. The molecule has 3 atom stereocenters. The second-order valence-electron chi connectivity index (χ2n) is 10.5. The molecule has 1 saturated carbocycles. The summed E-state index contributed by atoms with van der Waals surface area (Å²) in [4.78, 5) is 41.5. The number of amides is 3. The number of hydrogen-bond acceptors (Lipinski definition) is 6. The lowest BCUT2D eigenvalue weighted by atomic mass is 9.85. The van der Waals surface area contributed by atoms with Gasteiger partial charge in [0.25, 0.3) is 5.91 Å². The second-order valence-corrected chi connectivity index (χ2v) is 10.5. The second kappa shape index (κ2) is 11.4. The van der Waals surface area contributed by atoms with Crippen molar-refractivity contribution in [1.82, 2.24) is 10.2 Å². The molecule has 1 aliphatic carbocycles. The van der Waals surface area contributed by atoms with Gasteiger partial charge in [-0.05, 0) is 67.1 Å². The highest BCUT2D eigenvalue weighted by Crippen LogP contribution is 2.51. The van der Waals surface area contributed by atoms with E-state index in [1.54, 1.807) is 26.4 Å². The number of rotatable bonds is 11. The van der Waals surface area contributed by atoms with Gasteiger partial charge in [0, 0.05) is 5.92 Å². The molecule has 1 heterocycles. The minimum Gasteiger partial charge on any atom is -0.497 e. The molecule has 1 aliphatic heterocycles. The molecule has 1 saturated heterocycles. The fourth-order valence-corrected chi connectivity index (χ4v) is 5.50. The number of methoxy groups -OCH3 is 2. The lowest BCUT2D eigenvalue weighted by Gasteiger charge is -2.27. The molecule has 5 rings (SSSR count). The van der Waals surface area contributed by atoms with Gasteiger partial charge in [-0.15, -0.1) is 0 Å². The predicted molar refractivity (Wildman–Crippen MR) is 149 cm³/mol. The van der Waals surface area contributed by atoms with Gasteiger partial charge < -0.3 is 19.5 Å². The van der Waals surface area contributed by atoms with E-state index in [0.29, 0.717) is 25.0 Å². The third-order valence-electron chi connectivity index (χ3n) is 7.86. The maximum absolute atomic E-state index is 14.0. The fourth-order valence-electron chi connectivity index (χ4n) is 5.50. The third kappa shape index (κ3) is 5.66. The number of urea groups is 1. The van der Waals surface area contributed by atoms with Crippen molar-refractivity contribution in [2.75, 3.05) is 14.2 Å². The lowest BCUT2D eigenvalue weighted by Crippen LogP contribution is -2.50. The van der Waals surface area contributed by atoms with Crippen molar-refractivity contribution in [1.29, 1.82) is 0 Å². The molecule has 2 fully saturated rings. The molecule has 2 aliphatic rings. The van der Waals surface area contributed by atoms with Gasteiger partial charge in [-0.1, -0.05) is 54.1 Å². The van der Waals surface area contributed by atoms with E-state index >= 15 is 0 Å². The van der Waals surface area contributed by atoms with E-state index in [1.165, 1.54) is 4.90 Å². The van der Waals surface area contributed by atoms with Gasteiger partial charge in [0.15, 0.2) is 0 Å². The molecular formula is C32H34N2O6. The zero-order valence-electron chi connectivity index (χ0n) is 23.0. The average Bonchev–Trinajstić information content (AvgIpc) is 3.74. The summed E-state index contributed by atoms with van der Waals surface area (Å²) in [6, 6.07) is 22.3. The van der Waals surface area contributed by atoms with Crippen molar-refractivity contribution < 1.29 is 28.6 Å². The van der Waals surface area contributed by atoms with Crippen LogP contribution in [0.4, 0.5) is 4.79 Å². The first kappa shape index (κ1) is 27.2. The highest BCUT2D eigenvalue weighted by atomic mass is 16.5. The Bertz CT molecular complexity index is 1390. The smallest absolute Gasteiger partial charge is 0.325 e. The van der Waals surface area contributed by atoms with Crippen LogP contribution in [-0.2, 0) is 33.9 Å². The third-order valence-corrected chi connectivity index (χ3v) is 7.86. The molecule has 8 heteroatoms. The van der Waals surface area contributed by atoms with Crippen LogP contribution in [0, 0.1) is 18.8 Å². The minimum absolute atomic E-state index is 0.131. The van der Waals surface area contributed by atoms with Crippen LogP contribution in [0.25, 0.3) is 0 Å². The van der Waals surface area contributed by atoms with Crippen LogP contribution in [0.1, 0.15) is 35.1 Å². The molecule has 3 aromatic rings. The molecule has 3 amide bonds. The van der Waals surface area contributed by atoms with E-state index < -0.39 is 17.5 Å². The quantitative estimate of drug-likeness (QED) is 0.276. The Morgan fingerprint density at radius 3 is 2.20 bits per heavy atom. The largest absolute Gasteiger partial charge is 0.497 e. The van der Waals surface area contributed by atoms with Crippen molar-refractivity contribution in [3.8, 4) is 11.5 Å². The first-order valence-corrected chi connectivity index (χ1v) is 13.4. The molecule has 0 unspecified atom stereocenters. The van der Waals surface area contributed by atoms with Crippen molar-refractivity contribution >= 4 is 17.9 Å². The Balaban J connectivity index is 1.32. The Kier molecular flexibility index (Phi) is 7.78. The van der Waals surface area contributed by atoms with E-state index in [2.05, 4.69) is 11.4 Å². The molecular weight excluding hydrogens is 508 g/mol. The number of aryl methyl sites for hydroxylation is 2. The fraction of sp³-hybridized carbons (Fsp3) is 0.344. The van der Waals surface area contributed by atoms with Crippen LogP contribution in [0.5, 0.6) is 11.5 Å². The molecule has 0 aromatic heterocycles. The monoisotopic (exact) mass is 542 g/mol. The van der Waals surface area contributed by atoms with E-state index in [4.69, 9.17) is 14.2 Å². The van der Waals surface area contributed by atoms with Crippen LogP contribution in [0.3, 0.4) is 0 Å². The van der Waals surface area contributed by atoms with E-state index in [1.807, 2.05) is 61.5 Å². The predicted octanol–water partition coefficient (Wildman–Crippen LogP) is 4.82. The zero-order valence-corrected chi connectivity index (χ0v) is 23.0.